The van der Waals surface area contributed by atoms with Crippen LogP contribution in [-0.4, -0.2) is 33.0 Å². The van der Waals surface area contributed by atoms with Crippen molar-refractivity contribution in [1.29, 1.82) is 0 Å². The summed E-state index contributed by atoms with van der Waals surface area (Å²) in [6.45, 7) is 3.10. The zero-order valence-corrected chi connectivity index (χ0v) is 16.2. The molecule has 2 N–H and O–H groups in total. The molecule has 1 saturated heterocycles. The van der Waals surface area contributed by atoms with E-state index in [2.05, 4.69) is 31.8 Å². The number of nitrogens with one attached hydrogen (secondary N) is 2. The predicted octanol–water partition coefficient (Wildman–Crippen LogP) is 4.64. The highest BCUT2D eigenvalue weighted by molar-refractivity contribution is 5.63. The lowest BCUT2D eigenvalue weighted by molar-refractivity contribution is -0.137. The summed E-state index contributed by atoms with van der Waals surface area (Å²) in [5.41, 5.74) is 0.789. The number of aromatic nitrogens is 4. The Morgan fingerprint density at radius 3 is 2.67 bits per heavy atom. The third kappa shape index (κ3) is 4.38. The van der Waals surface area contributed by atoms with Gasteiger partial charge in [0.05, 0.1) is 23.6 Å². The molecule has 0 bridgehead atoms. The Labute approximate surface area is 171 Å². The molecular weight excluding hydrogens is 397 g/mol. The van der Waals surface area contributed by atoms with Crippen LogP contribution < -0.4 is 10.6 Å². The molecule has 2 aromatic heterocycles. The largest absolute Gasteiger partial charge is 0.421 e. The maximum atomic E-state index is 13.5. The van der Waals surface area contributed by atoms with E-state index in [1.54, 1.807) is 24.3 Å². The van der Waals surface area contributed by atoms with E-state index in [4.69, 9.17) is 4.74 Å². The number of nitrogens with zero attached hydrogens (tertiary/aromatic N) is 4. The second-order valence-corrected chi connectivity index (χ2v) is 6.91. The number of halogens is 3. The van der Waals surface area contributed by atoms with E-state index in [1.807, 2.05) is 11.6 Å². The van der Waals surface area contributed by atoms with Crippen LogP contribution in [0.25, 0.3) is 0 Å². The van der Waals surface area contributed by atoms with Crippen molar-refractivity contribution in [3.8, 4) is 0 Å². The molecule has 1 aliphatic heterocycles. The summed E-state index contributed by atoms with van der Waals surface area (Å²) in [4.78, 5) is 7.87. The number of hydrogen-bond donors (Lipinski definition) is 2. The molecule has 7 nitrogen and oxygen atoms in total. The normalized spacial score (nSPS) is 15.2. The first-order valence-corrected chi connectivity index (χ1v) is 9.48. The highest BCUT2D eigenvalue weighted by Gasteiger charge is 2.35. The van der Waals surface area contributed by atoms with Crippen molar-refractivity contribution in [3.05, 3.63) is 54.0 Å². The van der Waals surface area contributed by atoms with Gasteiger partial charge in [0.25, 0.3) is 0 Å². The van der Waals surface area contributed by atoms with Gasteiger partial charge in [-0.2, -0.15) is 23.3 Å². The van der Waals surface area contributed by atoms with Crippen molar-refractivity contribution in [2.45, 2.75) is 32.0 Å². The zero-order valence-electron chi connectivity index (χ0n) is 16.2. The van der Waals surface area contributed by atoms with Gasteiger partial charge in [-0.15, -0.1) is 0 Å². The molecule has 157 valence electrons. The van der Waals surface area contributed by atoms with Gasteiger partial charge in [0, 0.05) is 31.2 Å². The monoisotopic (exact) mass is 417 g/mol. The molecular formula is C20H20F3N6O. The van der Waals surface area contributed by atoms with E-state index in [0.29, 0.717) is 24.6 Å². The number of anilines is 4. The summed E-state index contributed by atoms with van der Waals surface area (Å²) >= 11 is 0. The summed E-state index contributed by atoms with van der Waals surface area (Å²) in [7, 11) is 0. The highest BCUT2D eigenvalue weighted by Crippen LogP contribution is 2.36. The van der Waals surface area contributed by atoms with Gasteiger partial charge >= 0.3 is 6.18 Å². The van der Waals surface area contributed by atoms with Crippen LogP contribution in [0.1, 0.15) is 30.1 Å². The van der Waals surface area contributed by atoms with Crippen LogP contribution in [0.2, 0.25) is 0 Å². The molecule has 1 fully saturated rings. The van der Waals surface area contributed by atoms with Gasteiger partial charge in [-0.1, -0.05) is 18.2 Å². The third-order valence-electron chi connectivity index (χ3n) is 4.88. The molecule has 30 heavy (non-hydrogen) atoms. The number of ether oxygens (including phenoxy) is 1. The number of hydrogen-bond acceptors (Lipinski definition) is 6. The van der Waals surface area contributed by atoms with Crippen LogP contribution in [-0.2, 0) is 10.9 Å². The Bertz CT molecular complexity index is 1000. The van der Waals surface area contributed by atoms with E-state index in [-0.39, 0.29) is 17.8 Å². The van der Waals surface area contributed by atoms with E-state index >= 15 is 0 Å². The minimum atomic E-state index is -4.61. The molecule has 10 heteroatoms. The van der Waals surface area contributed by atoms with Crippen molar-refractivity contribution < 1.29 is 17.9 Å². The first-order chi connectivity index (χ1) is 14.4. The summed E-state index contributed by atoms with van der Waals surface area (Å²) in [5.74, 6) is -0.312. The molecule has 3 aromatic rings. The Hall–Kier alpha value is -3.14. The van der Waals surface area contributed by atoms with Crippen molar-refractivity contribution in [3.63, 3.8) is 0 Å². The van der Waals surface area contributed by atoms with Gasteiger partial charge in [0.15, 0.2) is 0 Å². The number of alkyl halides is 3. The molecule has 3 heterocycles. The van der Waals surface area contributed by atoms with Crippen LogP contribution in [0, 0.1) is 13.0 Å². The summed E-state index contributed by atoms with van der Waals surface area (Å²) in [6.07, 6.45) is -0.704. The van der Waals surface area contributed by atoms with Crippen molar-refractivity contribution in [2.24, 2.45) is 0 Å². The highest BCUT2D eigenvalue weighted by atomic mass is 19.4. The maximum absolute atomic E-state index is 13.5. The lowest BCUT2D eigenvalue weighted by Gasteiger charge is -2.23. The quantitative estimate of drug-likeness (QED) is 0.630. The lowest BCUT2D eigenvalue weighted by Crippen LogP contribution is -2.21. The molecule has 0 amide bonds. The summed E-state index contributed by atoms with van der Waals surface area (Å²) < 4.78 is 47.8. The van der Waals surface area contributed by atoms with E-state index in [1.165, 1.54) is 6.20 Å². The van der Waals surface area contributed by atoms with Crippen LogP contribution in [0.3, 0.4) is 0 Å². The van der Waals surface area contributed by atoms with Crippen LogP contribution in [0.15, 0.2) is 36.7 Å². The van der Waals surface area contributed by atoms with Gasteiger partial charge in [-0.05, 0) is 25.8 Å². The summed E-state index contributed by atoms with van der Waals surface area (Å²) in [6, 6.07) is 10.0. The minimum absolute atomic E-state index is 0.0300. The molecule has 0 unspecified atom stereocenters. The Morgan fingerprint density at radius 1 is 1.17 bits per heavy atom. The second-order valence-electron chi connectivity index (χ2n) is 6.91. The fourth-order valence-corrected chi connectivity index (χ4v) is 3.31. The molecule has 0 atom stereocenters. The average Bonchev–Trinajstić information content (AvgIpc) is 3.09. The van der Waals surface area contributed by atoms with Crippen molar-refractivity contribution in [2.75, 3.05) is 23.8 Å². The lowest BCUT2D eigenvalue weighted by atomic mass is 10.1. The molecule has 1 radical (unpaired) electrons. The van der Waals surface area contributed by atoms with Crippen LogP contribution in [0.5, 0.6) is 0 Å². The number of para-hydroxylation sites is 1. The first kappa shape index (κ1) is 20.1. The molecule has 1 aliphatic rings. The van der Waals surface area contributed by atoms with Crippen LogP contribution in [0.4, 0.5) is 36.3 Å². The average molecular weight is 417 g/mol. The number of benzene rings is 1. The SMILES string of the molecule is Cc1c(Nc2nc(Nc3[c]cccc3)ncc2C(F)(F)F)cnn1C1CCOCC1. The topological polar surface area (TPSA) is 76.9 Å². The molecule has 0 saturated carbocycles. The smallest absolute Gasteiger partial charge is 0.381 e. The standard InChI is InChI=1S/C20H20F3N6O/c1-13-17(12-25-29(13)15-7-9-30-10-8-15)27-18-16(20(21,22)23)11-24-19(28-18)26-14-5-3-2-4-6-14/h2-5,11-12,15H,7-10H2,1H3,(H2,24,26,27,28). The molecule has 0 spiro atoms. The van der Waals surface area contributed by atoms with Crippen molar-refractivity contribution >= 4 is 23.1 Å². The predicted molar refractivity (Wildman–Crippen MR) is 105 cm³/mol. The Balaban J connectivity index is 1.63. The van der Waals surface area contributed by atoms with E-state index in [9.17, 15) is 13.2 Å². The molecule has 0 aliphatic carbocycles. The van der Waals surface area contributed by atoms with Gasteiger partial charge < -0.3 is 15.4 Å². The number of rotatable bonds is 5. The van der Waals surface area contributed by atoms with E-state index < -0.39 is 11.7 Å². The van der Waals surface area contributed by atoms with Gasteiger partial charge in [0.1, 0.15) is 11.4 Å². The van der Waals surface area contributed by atoms with E-state index in [0.717, 1.165) is 24.7 Å². The van der Waals surface area contributed by atoms with Gasteiger partial charge in [-0.25, -0.2) is 4.98 Å². The summed E-state index contributed by atoms with van der Waals surface area (Å²) in [5, 5.41) is 10.0. The first-order valence-electron chi connectivity index (χ1n) is 9.48. The third-order valence-corrected chi connectivity index (χ3v) is 4.88. The maximum Gasteiger partial charge on any atom is 0.421 e. The molecule has 4 rings (SSSR count). The Kier molecular flexibility index (Phi) is 5.58. The van der Waals surface area contributed by atoms with Crippen molar-refractivity contribution in [1.82, 2.24) is 19.7 Å². The van der Waals surface area contributed by atoms with Gasteiger partial charge in [0.2, 0.25) is 5.95 Å². The fourth-order valence-electron chi connectivity index (χ4n) is 3.31. The molecule has 1 aromatic carbocycles. The van der Waals surface area contributed by atoms with Crippen LogP contribution >= 0.6 is 0 Å². The second kappa shape index (κ2) is 8.31. The zero-order chi connectivity index (χ0) is 21.1. The fraction of sp³-hybridized carbons (Fsp3) is 0.350. The minimum Gasteiger partial charge on any atom is -0.381 e. The Morgan fingerprint density at radius 2 is 1.97 bits per heavy atom. The van der Waals surface area contributed by atoms with Gasteiger partial charge in [-0.3, -0.25) is 4.68 Å².